The smallest absolute Gasteiger partial charge is 0.416 e. The molecule has 1 aliphatic heterocycles. The van der Waals surface area contributed by atoms with E-state index in [-0.39, 0.29) is 44.0 Å². The third-order valence-corrected chi connectivity index (χ3v) is 7.57. The number of carbonyl (C=O) groups excluding carboxylic acids is 1. The summed E-state index contributed by atoms with van der Waals surface area (Å²) >= 11 is 0. The Labute approximate surface area is 199 Å². The van der Waals surface area contributed by atoms with Gasteiger partial charge in [0.05, 0.1) is 11.3 Å². The molecule has 0 unspecified atom stereocenters. The molecule has 0 atom stereocenters. The lowest BCUT2D eigenvalue weighted by Crippen LogP contribution is -2.50. The predicted molar refractivity (Wildman–Crippen MR) is 124 cm³/mol. The highest BCUT2D eigenvalue weighted by Gasteiger charge is 2.32. The van der Waals surface area contributed by atoms with Crippen LogP contribution in [0.2, 0.25) is 0 Å². The van der Waals surface area contributed by atoms with Crippen LogP contribution in [0.1, 0.15) is 15.9 Å². The highest BCUT2D eigenvalue weighted by atomic mass is 32.2. The third kappa shape index (κ3) is 5.65. The monoisotopic (exact) mass is 509 g/mol. The zero-order valence-corrected chi connectivity index (χ0v) is 19.2. The first-order valence-corrected chi connectivity index (χ1v) is 12.4. The maximum Gasteiger partial charge on any atom is 0.416 e. The number of carbonyl (C=O) groups is 1. The van der Waals surface area contributed by atoms with Gasteiger partial charge in [-0.3, -0.25) is 4.79 Å². The molecule has 1 fully saturated rings. The fourth-order valence-electron chi connectivity index (χ4n) is 3.84. The summed E-state index contributed by atoms with van der Waals surface area (Å²) in [6, 6.07) is 13.0. The summed E-state index contributed by atoms with van der Waals surface area (Å²) in [5, 5.41) is 2.99. The number of hydrogen-bond donors (Lipinski definition) is 1. The second-order valence-electron chi connectivity index (χ2n) is 7.99. The SMILES string of the molecule is O=C(NCCS(=O)(=O)N1CCN(c2cccc(C(F)(F)F)c2)CC1)c1cc2ccccc2oc1=O. The Morgan fingerprint density at radius 3 is 2.43 bits per heavy atom. The molecule has 12 heteroatoms. The van der Waals surface area contributed by atoms with Crippen LogP contribution in [0.3, 0.4) is 0 Å². The molecule has 186 valence electrons. The number of rotatable bonds is 6. The van der Waals surface area contributed by atoms with Crippen LogP contribution in [0.4, 0.5) is 18.9 Å². The quantitative estimate of drug-likeness (QED) is 0.513. The first-order chi connectivity index (χ1) is 16.5. The van der Waals surface area contributed by atoms with Crippen molar-refractivity contribution < 1.29 is 30.8 Å². The van der Waals surface area contributed by atoms with Crippen molar-refractivity contribution in [2.24, 2.45) is 0 Å². The second kappa shape index (κ2) is 9.70. The van der Waals surface area contributed by atoms with Crippen LogP contribution in [0.5, 0.6) is 0 Å². The first-order valence-electron chi connectivity index (χ1n) is 10.8. The van der Waals surface area contributed by atoms with Crippen molar-refractivity contribution in [3.8, 4) is 0 Å². The van der Waals surface area contributed by atoms with E-state index < -0.39 is 33.3 Å². The summed E-state index contributed by atoms with van der Waals surface area (Å²) in [6.07, 6.45) is -4.46. The van der Waals surface area contributed by atoms with Crippen molar-refractivity contribution in [3.05, 3.63) is 76.1 Å². The highest BCUT2D eigenvalue weighted by Crippen LogP contribution is 2.32. The van der Waals surface area contributed by atoms with Crippen LogP contribution >= 0.6 is 0 Å². The van der Waals surface area contributed by atoms with Gasteiger partial charge in [-0.1, -0.05) is 24.3 Å². The number of alkyl halides is 3. The number of halogens is 3. The van der Waals surface area contributed by atoms with Gasteiger partial charge in [0, 0.05) is 43.8 Å². The fourth-order valence-corrected chi connectivity index (χ4v) is 5.18. The Balaban J connectivity index is 1.32. The van der Waals surface area contributed by atoms with Gasteiger partial charge >= 0.3 is 11.8 Å². The van der Waals surface area contributed by atoms with Gasteiger partial charge in [-0.2, -0.15) is 17.5 Å². The summed E-state index contributed by atoms with van der Waals surface area (Å²) in [4.78, 5) is 26.2. The lowest BCUT2D eigenvalue weighted by molar-refractivity contribution is -0.137. The minimum Gasteiger partial charge on any atom is -0.422 e. The largest absolute Gasteiger partial charge is 0.422 e. The van der Waals surface area contributed by atoms with Crippen molar-refractivity contribution in [2.75, 3.05) is 43.4 Å². The van der Waals surface area contributed by atoms with E-state index in [0.29, 0.717) is 16.7 Å². The molecule has 1 amide bonds. The number of anilines is 1. The molecule has 1 N–H and O–H groups in total. The maximum atomic E-state index is 13.0. The Hall–Kier alpha value is -3.38. The van der Waals surface area contributed by atoms with Gasteiger partial charge in [-0.15, -0.1) is 0 Å². The summed E-state index contributed by atoms with van der Waals surface area (Å²) in [7, 11) is -3.73. The summed E-state index contributed by atoms with van der Waals surface area (Å²) in [5.41, 5.74) is -1.11. The van der Waals surface area contributed by atoms with Crippen LogP contribution in [0.25, 0.3) is 11.0 Å². The van der Waals surface area contributed by atoms with Gasteiger partial charge in [0.1, 0.15) is 11.1 Å². The summed E-state index contributed by atoms with van der Waals surface area (Å²) < 4.78 is 70.7. The Kier molecular flexibility index (Phi) is 6.86. The topological polar surface area (TPSA) is 99.9 Å². The molecule has 0 bridgehead atoms. The molecule has 3 aromatic rings. The molecule has 0 radical (unpaired) electrons. The van der Waals surface area contributed by atoms with E-state index in [1.54, 1.807) is 35.2 Å². The van der Waals surface area contributed by atoms with E-state index in [1.807, 2.05) is 0 Å². The molecule has 1 saturated heterocycles. The van der Waals surface area contributed by atoms with E-state index in [9.17, 15) is 31.2 Å². The predicted octanol–water partition coefficient (Wildman–Crippen LogP) is 2.69. The number of amides is 1. The average molecular weight is 510 g/mol. The van der Waals surface area contributed by atoms with E-state index in [0.717, 1.165) is 12.1 Å². The van der Waals surface area contributed by atoms with Crippen LogP contribution in [-0.2, 0) is 16.2 Å². The van der Waals surface area contributed by atoms with E-state index in [4.69, 9.17) is 4.42 Å². The van der Waals surface area contributed by atoms with Crippen molar-refractivity contribution in [2.45, 2.75) is 6.18 Å². The molecule has 2 aromatic carbocycles. The minimum atomic E-state index is -4.46. The van der Waals surface area contributed by atoms with Gasteiger partial charge in [0.25, 0.3) is 5.91 Å². The van der Waals surface area contributed by atoms with Gasteiger partial charge in [0.15, 0.2) is 0 Å². The molecule has 0 saturated carbocycles. The second-order valence-corrected chi connectivity index (χ2v) is 10.1. The van der Waals surface area contributed by atoms with Crippen molar-refractivity contribution in [1.29, 1.82) is 0 Å². The molecule has 35 heavy (non-hydrogen) atoms. The van der Waals surface area contributed by atoms with Gasteiger partial charge in [-0.05, 0) is 30.3 Å². The van der Waals surface area contributed by atoms with Crippen LogP contribution in [0, 0.1) is 0 Å². The van der Waals surface area contributed by atoms with E-state index in [2.05, 4.69) is 5.32 Å². The van der Waals surface area contributed by atoms with Crippen LogP contribution in [0.15, 0.2) is 63.8 Å². The van der Waals surface area contributed by atoms with Gasteiger partial charge < -0.3 is 14.6 Å². The number of piperazine rings is 1. The zero-order valence-electron chi connectivity index (χ0n) is 18.4. The third-order valence-electron chi connectivity index (χ3n) is 5.70. The summed E-state index contributed by atoms with van der Waals surface area (Å²) in [6.45, 7) is 0.429. The maximum absolute atomic E-state index is 13.0. The lowest BCUT2D eigenvalue weighted by Gasteiger charge is -2.35. The number of fused-ring (bicyclic) bond motifs is 1. The number of para-hydroxylation sites is 1. The standard InChI is InChI=1S/C23H22F3N3O5S/c24-23(25,26)17-5-3-6-18(15-17)28-9-11-29(12-10-28)35(32,33)13-8-27-21(30)19-14-16-4-1-2-7-20(16)34-22(19)31/h1-7,14-15H,8-13H2,(H,27,30). The van der Waals surface area contributed by atoms with Gasteiger partial charge in [0.2, 0.25) is 10.0 Å². The normalized spacial score (nSPS) is 15.3. The molecular formula is C23H22F3N3O5S. The van der Waals surface area contributed by atoms with Crippen molar-refractivity contribution in [1.82, 2.24) is 9.62 Å². The number of nitrogens with one attached hydrogen (secondary N) is 1. The number of sulfonamides is 1. The zero-order chi connectivity index (χ0) is 25.2. The van der Waals surface area contributed by atoms with E-state index >= 15 is 0 Å². The molecule has 0 aliphatic carbocycles. The lowest BCUT2D eigenvalue weighted by atomic mass is 10.1. The number of nitrogens with zero attached hydrogens (tertiary/aromatic N) is 2. The molecule has 1 aliphatic rings. The Morgan fingerprint density at radius 1 is 1.00 bits per heavy atom. The van der Waals surface area contributed by atoms with Crippen LogP contribution < -0.4 is 15.8 Å². The molecule has 2 heterocycles. The van der Waals surface area contributed by atoms with Crippen molar-refractivity contribution >= 4 is 32.6 Å². The van der Waals surface area contributed by atoms with Crippen LogP contribution in [-0.4, -0.2) is 57.1 Å². The highest BCUT2D eigenvalue weighted by molar-refractivity contribution is 7.89. The fraction of sp³-hybridized carbons (Fsp3) is 0.304. The first kappa shape index (κ1) is 24.7. The molecule has 0 spiro atoms. The molecular weight excluding hydrogens is 487 g/mol. The van der Waals surface area contributed by atoms with Gasteiger partial charge in [-0.25, -0.2) is 13.2 Å². The number of hydrogen-bond acceptors (Lipinski definition) is 6. The minimum absolute atomic E-state index is 0.0980. The Bertz CT molecular complexity index is 1400. The van der Waals surface area contributed by atoms with E-state index in [1.165, 1.54) is 16.4 Å². The molecule has 1 aromatic heterocycles. The van der Waals surface area contributed by atoms with Crippen molar-refractivity contribution in [3.63, 3.8) is 0 Å². The molecule has 4 rings (SSSR count). The summed E-state index contributed by atoms with van der Waals surface area (Å²) in [5.74, 6) is -1.13. The number of benzene rings is 2. The molecule has 8 nitrogen and oxygen atoms in total. The average Bonchev–Trinajstić information content (AvgIpc) is 2.83. The Morgan fingerprint density at radius 2 is 1.71 bits per heavy atom.